The molecule has 0 spiro atoms. The Kier molecular flexibility index (Phi) is 2.40. The van der Waals surface area contributed by atoms with Crippen molar-refractivity contribution in [3.8, 4) is 5.75 Å². The highest BCUT2D eigenvalue weighted by molar-refractivity contribution is 6.21. The zero-order chi connectivity index (χ0) is 13.5. The molecule has 0 aromatic heterocycles. The van der Waals surface area contributed by atoms with Gasteiger partial charge in [-0.25, -0.2) is 0 Å². The minimum Gasteiger partial charge on any atom is -0.496 e. The molecule has 0 atom stereocenters. The molecule has 0 N–H and O–H groups in total. The van der Waals surface area contributed by atoms with E-state index in [-0.39, 0.29) is 0 Å². The van der Waals surface area contributed by atoms with E-state index >= 15 is 0 Å². The van der Waals surface area contributed by atoms with E-state index in [1.165, 1.54) is 32.3 Å². The minimum atomic E-state index is 0.934. The van der Waals surface area contributed by atoms with Crippen molar-refractivity contribution < 1.29 is 4.74 Å². The Labute approximate surface area is 117 Å². The molecule has 0 aliphatic carbocycles. The van der Waals surface area contributed by atoms with Gasteiger partial charge in [-0.2, -0.15) is 0 Å². The highest BCUT2D eigenvalue weighted by atomic mass is 16.5. The van der Waals surface area contributed by atoms with E-state index in [0.29, 0.717) is 0 Å². The highest BCUT2D eigenvalue weighted by Crippen LogP contribution is 2.37. The van der Waals surface area contributed by atoms with Gasteiger partial charge in [0.2, 0.25) is 0 Å². The summed E-state index contributed by atoms with van der Waals surface area (Å²) >= 11 is 0. The maximum absolute atomic E-state index is 5.55. The van der Waals surface area contributed by atoms with Crippen molar-refractivity contribution >= 4 is 32.3 Å². The molecule has 1 heteroatoms. The summed E-state index contributed by atoms with van der Waals surface area (Å²) in [7, 11) is 1.73. The Bertz CT molecular complexity index is 938. The SMILES string of the molecule is COc1cc2ccc3ccccc3c2c2ccccc12. The molecule has 0 amide bonds. The summed E-state index contributed by atoms with van der Waals surface area (Å²) in [5, 5.41) is 7.51. The monoisotopic (exact) mass is 258 g/mol. The number of rotatable bonds is 1. The van der Waals surface area contributed by atoms with Gasteiger partial charge in [0.25, 0.3) is 0 Å². The number of ether oxygens (including phenoxy) is 1. The Morgan fingerprint density at radius 2 is 1.30 bits per heavy atom. The van der Waals surface area contributed by atoms with Crippen molar-refractivity contribution in [2.45, 2.75) is 0 Å². The number of benzene rings is 4. The molecule has 96 valence electrons. The van der Waals surface area contributed by atoms with E-state index in [9.17, 15) is 0 Å². The van der Waals surface area contributed by atoms with Crippen LogP contribution in [0.5, 0.6) is 5.75 Å². The average Bonchev–Trinajstić information content (AvgIpc) is 2.53. The second kappa shape index (κ2) is 4.24. The largest absolute Gasteiger partial charge is 0.496 e. The lowest BCUT2D eigenvalue weighted by Gasteiger charge is -2.11. The lowest BCUT2D eigenvalue weighted by atomic mass is 9.96. The average molecular weight is 258 g/mol. The Morgan fingerprint density at radius 3 is 2.10 bits per heavy atom. The van der Waals surface area contributed by atoms with Gasteiger partial charge in [-0.05, 0) is 33.0 Å². The third-order valence-corrected chi connectivity index (χ3v) is 3.93. The molecule has 1 nitrogen and oxygen atoms in total. The van der Waals surface area contributed by atoms with Crippen LogP contribution >= 0.6 is 0 Å². The summed E-state index contributed by atoms with van der Waals surface area (Å²) in [4.78, 5) is 0. The van der Waals surface area contributed by atoms with Crippen molar-refractivity contribution in [2.75, 3.05) is 7.11 Å². The normalized spacial score (nSPS) is 11.2. The molecule has 4 rings (SSSR count). The molecule has 0 bridgehead atoms. The van der Waals surface area contributed by atoms with E-state index < -0.39 is 0 Å². The predicted molar refractivity (Wildman–Crippen MR) is 85.5 cm³/mol. The Morgan fingerprint density at radius 1 is 0.650 bits per heavy atom. The van der Waals surface area contributed by atoms with Gasteiger partial charge in [-0.1, -0.05) is 60.7 Å². The quantitative estimate of drug-likeness (QED) is 0.429. The molecule has 4 aromatic carbocycles. The summed E-state index contributed by atoms with van der Waals surface area (Å²) in [5.74, 6) is 0.934. The molecule has 0 radical (unpaired) electrons. The van der Waals surface area contributed by atoms with Gasteiger partial charge in [-0.15, -0.1) is 0 Å². The van der Waals surface area contributed by atoms with E-state index in [1.807, 2.05) is 0 Å². The summed E-state index contributed by atoms with van der Waals surface area (Å²) < 4.78 is 5.55. The molecular weight excluding hydrogens is 244 g/mol. The molecule has 0 aliphatic heterocycles. The topological polar surface area (TPSA) is 9.23 Å². The van der Waals surface area contributed by atoms with E-state index in [4.69, 9.17) is 4.74 Å². The molecule has 0 saturated carbocycles. The first kappa shape index (κ1) is 11.3. The van der Waals surface area contributed by atoms with Crippen molar-refractivity contribution in [3.05, 3.63) is 66.7 Å². The fourth-order valence-corrected chi connectivity index (χ4v) is 3.01. The van der Waals surface area contributed by atoms with Gasteiger partial charge in [0.1, 0.15) is 5.75 Å². The van der Waals surface area contributed by atoms with Crippen molar-refractivity contribution in [3.63, 3.8) is 0 Å². The van der Waals surface area contributed by atoms with E-state index in [0.717, 1.165) is 5.75 Å². The Hall–Kier alpha value is -2.54. The molecule has 0 fully saturated rings. The van der Waals surface area contributed by atoms with Crippen molar-refractivity contribution in [1.82, 2.24) is 0 Å². The van der Waals surface area contributed by atoms with Gasteiger partial charge in [0, 0.05) is 5.39 Å². The summed E-state index contributed by atoms with van der Waals surface area (Å²) in [6.07, 6.45) is 0. The number of hydrogen-bond acceptors (Lipinski definition) is 1. The fraction of sp³-hybridized carbons (Fsp3) is 0.0526. The first-order valence-electron chi connectivity index (χ1n) is 6.76. The smallest absolute Gasteiger partial charge is 0.127 e. The summed E-state index contributed by atoms with van der Waals surface area (Å²) in [6, 6.07) is 23.4. The first-order valence-corrected chi connectivity index (χ1v) is 6.76. The molecule has 0 saturated heterocycles. The zero-order valence-corrected chi connectivity index (χ0v) is 11.3. The van der Waals surface area contributed by atoms with Gasteiger partial charge >= 0.3 is 0 Å². The van der Waals surface area contributed by atoms with Crippen LogP contribution in [0.2, 0.25) is 0 Å². The lowest BCUT2D eigenvalue weighted by molar-refractivity contribution is 0.420. The van der Waals surface area contributed by atoms with Crippen LogP contribution in [0.15, 0.2) is 66.7 Å². The molecular formula is C19H14O. The Balaban J connectivity index is 2.34. The van der Waals surface area contributed by atoms with Gasteiger partial charge in [0.05, 0.1) is 7.11 Å². The first-order chi connectivity index (χ1) is 9.88. The highest BCUT2D eigenvalue weighted by Gasteiger charge is 2.09. The van der Waals surface area contributed by atoms with Crippen LogP contribution in [0.3, 0.4) is 0 Å². The molecule has 4 aromatic rings. The third-order valence-electron chi connectivity index (χ3n) is 3.93. The van der Waals surface area contributed by atoms with Crippen LogP contribution in [0, 0.1) is 0 Å². The van der Waals surface area contributed by atoms with E-state index in [1.54, 1.807) is 7.11 Å². The molecule has 0 heterocycles. The zero-order valence-electron chi connectivity index (χ0n) is 11.3. The second-order valence-electron chi connectivity index (χ2n) is 5.01. The lowest BCUT2D eigenvalue weighted by Crippen LogP contribution is -1.87. The second-order valence-corrected chi connectivity index (χ2v) is 5.01. The van der Waals surface area contributed by atoms with E-state index in [2.05, 4.69) is 66.7 Å². The van der Waals surface area contributed by atoms with Crippen LogP contribution in [-0.2, 0) is 0 Å². The van der Waals surface area contributed by atoms with Crippen molar-refractivity contribution in [1.29, 1.82) is 0 Å². The van der Waals surface area contributed by atoms with Crippen LogP contribution < -0.4 is 4.74 Å². The maximum Gasteiger partial charge on any atom is 0.127 e. The number of fused-ring (bicyclic) bond motifs is 5. The maximum atomic E-state index is 5.55. The van der Waals surface area contributed by atoms with Crippen molar-refractivity contribution in [2.24, 2.45) is 0 Å². The van der Waals surface area contributed by atoms with Crippen LogP contribution in [0.25, 0.3) is 32.3 Å². The number of hydrogen-bond donors (Lipinski definition) is 0. The molecule has 20 heavy (non-hydrogen) atoms. The molecule has 0 unspecified atom stereocenters. The van der Waals surface area contributed by atoms with Gasteiger partial charge in [-0.3, -0.25) is 0 Å². The number of methoxy groups -OCH3 is 1. The summed E-state index contributed by atoms with van der Waals surface area (Å²) in [6.45, 7) is 0. The fourth-order valence-electron chi connectivity index (χ4n) is 3.01. The predicted octanol–water partition coefficient (Wildman–Crippen LogP) is 5.15. The van der Waals surface area contributed by atoms with Gasteiger partial charge < -0.3 is 4.74 Å². The summed E-state index contributed by atoms with van der Waals surface area (Å²) in [5.41, 5.74) is 0. The van der Waals surface area contributed by atoms with Crippen LogP contribution in [0.4, 0.5) is 0 Å². The standard InChI is InChI=1S/C19H14O/c1-20-18-12-14-11-10-13-6-2-3-7-15(13)19(14)17-9-5-4-8-16(17)18/h2-12H,1H3. The van der Waals surface area contributed by atoms with Crippen LogP contribution in [0.1, 0.15) is 0 Å². The minimum absolute atomic E-state index is 0.934. The third kappa shape index (κ3) is 1.50. The molecule has 0 aliphatic rings. The van der Waals surface area contributed by atoms with Gasteiger partial charge in [0.15, 0.2) is 0 Å². The van der Waals surface area contributed by atoms with Crippen LogP contribution in [-0.4, -0.2) is 7.11 Å².